The van der Waals surface area contributed by atoms with Crippen LogP contribution in [0.3, 0.4) is 0 Å². The molecule has 2 aromatic carbocycles. The number of hydrogen-bond donors (Lipinski definition) is 0. The van der Waals surface area contributed by atoms with Crippen molar-refractivity contribution in [2.45, 2.75) is 50.5 Å². The number of hydrogen-bond acceptors (Lipinski definition) is 4. The van der Waals surface area contributed by atoms with Crippen LogP contribution < -0.4 is 0 Å². The molecule has 2 aromatic rings. The predicted molar refractivity (Wildman–Crippen MR) is 131 cm³/mol. The second kappa shape index (κ2) is 10.3. The van der Waals surface area contributed by atoms with E-state index in [1.165, 1.54) is 28.4 Å². The van der Waals surface area contributed by atoms with E-state index in [1.807, 2.05) is 11.0 Å². The number of sulfonamides is 1. The molecule has 2 aliphatic rings. The summed E-state index contributed by atoms with van der Waals surface area (Å²) in [6.45, 7) is 5.44. The molecule has 0 saturated carbocycles. The van der Waals surface area contributed by atoms with Crippen LogP contribution in [-0.4, -0.2) is 73.1 Å². The quantitative estimate of drug-likeness (QED) is 0.633. The molecule has 7 nitrogen and oxygen atoms in total. The number of nitrogens with zero attached hydrogens (tertiary/aromatic N) is 3. The average Bonchev–Trinajstić information content (AvgIpc) is 2.86. The van der Waals surface area contributed by atoms with Crippen molar-refractivity contribution < 1.29 is 18.0 Å². The van der Waals surface area contributed by atoms with E-state index in [0.29, 0.717) is 25.2 Å². The van der Waals surface area contributed by atoms with E-state index < -0.39 is 10.0 Å². The molecule has 1 heterocycles. The molecule has 1 atom stereocenters. The van der Waals surface area contributed by atoms with E-state index in [-0.39, 0.29) is 35.8 Å². The van der Waals surface area contributed by atoms with Gasteiger partial charge in [0.1, 0.15) is 0 Å². The topological polar surface area (TPSA) is 78.0 Å². The van der Waals surface area contributed by atoms with Gasteiger partial charge in [0, 0.05) is 51.3 Å². The first-order chi connectivity index (χ1) is 16.3. The van der Waals surface area contributed by atoms with Gasteiger partial charge < -0.3 is 9.80 Å². The summed E-state index contributed by atoms with van der Waals surface area (Å²) in [6.07, 6.45) is 3.50. The van der Waals surface area contributed by atoms with Gasteiger partial charge in [0.15, 0.2) is 0 Å². The molecule has 0 spiro atoms. The Morgan fingerprint density at radius 2 is 1.71 bits per heavy atom. The second-order valence-corrected chi connectivity index (χ2v) is 11.0. The monoisotopic (exact) mass is 483 g/mol. The van der Waals surface area contributed by atoms with Gasteiger partial charge in [-0.1, -0.05) is 37.3 Å². The lowest BCUT2D eigenvalue weighted by atomic mass is 9.87. The average molecular weight is 484 g/mol. The normalized spacial score (nSPS) is 18.9. The molecular weight excluding hydrogens is 450 g/mol. The SMILES string of the molecule is CCCN(C(=O)c1cccc(S(=O)(=O)N2CCN(C(C)=O)CC2)c1)C1CCc2ccccc2C1. The number of amides is 2. The summed E-state index contributed by atoms with van der Waals surface area (Å²) < 4.78 is 27.9. The van der Waals surface area contributed by atoms with Crippen LogP contribution in [0.4, 0.5) is 0 Å². The van der Waals surface area contributed by atoms with Crippen molar-refractivity contribution in [3.05, 3.63) is 65.2 Å². The van der Waals surface area contributed by atoms with E-state index >= 15 is 0 Å². The van der Waals surface area contributed by atoms with Crippen LogP contribution in [-0.2, 0) is 27.7 Å². The number of fused-ring (bicyclic) bond motifs is 1. The van der Waals surface area contributed by atoms with Crippen molar-refractivity contribution in [3.8, 4) is 0 Å². The van der Waals surface area contributed by atoms with E-state index in [9.17, 15) is 18.0 Å². The minimum atomic E-state index is -3.75. The third-order valence-corrected chi connectivity index (χ3v) is 8.78. The number of rotatable bonds is 6. The first-order valence-electron chi connectivity index (χ1n) is 12.0. The van der Waals surface area contributed by atoms with Crippen molar-refractivity contribution >= 4 is 21.8 Å². The number of carbonyl (C=O) groups excluding carboxylic acids is 2. The summed E-state index contributed by atoms with van der Waals surface area (Å²) in [4.78, 5) is 28.9. The van der Waals surface area contributed by atoms with Crippen molar-refractivity contribution in [2.24, 2.45) is 0 Å². The van der Waals surface area contributed by atoms with E-state index in [2.05, 4.69) is 25.1 Å². The Hall–Kier alpha value is -2.71. The molecule has 0 aromatic heterocycles. The van der Waals surface area contributed by atoms with Gasteiger partial charge in [-0.15, -0.1) is 0 Å². The number of carbonyl (C=O) groups is 2. The zero-order chi connectivity index (χ0) is 24.3. The van der Waals surface area contributed by atoms with Crippen LogP contribution in [0.25, 0.3) is 0 Å². The number of benzene rings is 2. The molecule has 8 heteroatoms. The van der Waals surface area contributed by atoms with E-state index in [1.54, 1.807) is 23.1 Å². The lowest BCUT2D eigenvalue weighted by molar-refractivity contribution is -0.129. The lowest BCUT2D eigenvalue weighted by Gasteiger charge is -2.35. The van der Waals surface area contributed by atoms with Gasteiger partial charge in [0.2, 0.25) is 15.9 Å². The summed E-state index contributed by atoms with van der Waals surface area (Å²) in [5.41, 5.74) is 3.03. The Kier molecular flexibility index (Phi) is 7.38. The highest BCUT2D eigenvalue weighted by atomic mass is 32.2. The predicted octanol–water partition coefficient (Wildman–Crippen LogP) is 2.95. The van der Waals surface area contributed by atoms with Crippen LogP contribution >= 0.6 is 0 Å². The molecule has 0 radical (unpaired) electrons. The summed E-state index contributed by atoms with van der Waals surface area (Å²) in [5, 5.41) is 0. The Morgan fingerprint density at radius 3 is 2.38 bits per heavy atom. The van der Waals surface area contributed by atoms with Gasteiger partial charge in [0.05, 0.1) is 4.90 Å². The second-order valence-electron chi connectivity index (χ2n) is 9.10. The molecule has 1 aliphatic carbocycles. The number of aryl methyl sites for hydroxylation is 1. The maximum Gasteiger partial charge on any atom is 0.254 e. The first kappa shape index (κ1) is 24.4. The third-order valence-electron chi connectivity index (χ3n) is 6.89. The fraction of sp³-hybridized carbons (Fsp3) is 0.462. The van der Waals surface area contributed by atoms with E-state index in [0.717, 1.165) is 25.7 Å². The minimum absolute atomic E-state index is 0.0500. The molecule has 0 N–H and O–H groups in total. The Balaban J connectivity index is 1.54. The summed E-state index contributed by atoms with van der Waals surface area (Å²) in [6, 6.07) is 14.9. The first-order valence-corrected chi connectivity index (χ1v) is 13.5. The van der Waals surface area contributed by atoms with Gasteiger partial charge in [0.25, 0.3) is 5.91 Å². The minimum Gasteiger partial charge on any atom is -0.340 e. The van der Waals surface area contributed by atoms with Crippen LogP contribution in [0.2, 0.25) is 0 Å². The molecule has 1 saturated heterocycles. The van der Waals surface area contributed by atoms with Gasteiger partial charge in [-0.3, -0.25) is 9.59 Å². The summed E-state index contributed by atoms with van der Waals surface area (Å²) in [5.74, 6) is -0.171. The van der Waals surface area contributed by atoms with Crippen molar-refractivity contribution in [2.75, 3.05) is 32.7 Å². The zero-order valence-corrected chi connectivity index (χ0v) is 20.8. The fourth-order valence-electron chi connectivity index (χ4n) is 4.98. The molecule has 182 valence electrons. The van der Waals surface area contributed by atoms with Crippen molar-refractivity contribution in [3.63, 3.8) is 0 Å². The van der Waals surface area contributed by atoms with Gasteiger partial charge >= 0.3 is 0 Å². The standard InChI is InChI=1S/C26H33N3O4S/c1-3-13-29(24-12-11-21-7-4-5-8-22(21)18-24)26(31)23-9-6-10-25(19-23)34(32,33)28-16-14-27(15-17-28)20(2)30/h4-10,19,24H,3,11-18H2,1-2H3. The summed E-state index contributed by atoms with van der Waals surface area (Å²) >= 11 is 0. The molecule has 0 bridgehead atoms. The van der Waals surface area contributed by atoms with Crippen LogP contribution in [0.1, 0.15) is 48.2 Å². The molecule has 4 rings (SSSR count). The summed E-state index contributed by atoms with van der Waals surface area (Å²) in [7, 11) is -3.75. The third kappa shape index (κ3) is 5.03. The highest BCUT2D eigenvalue weighted by molar-refractivity contribution is 7.89. The van der Waals surface area contributed by atoms with Crippen LogP contribution in [0.5, 0.6) is 0 Å². The Bertz CT molecular complexity index is 1160. The van der Waals surface area contributed by atoms with E-state index in [4.69, 9.17) is 0 Å². The molecule has 34 heavy (non-hydrogen) atoms. The highest BCUT2D eigenvalue weighted by Crippen LogP contribution is 2.27. The lowest BCUT2D eigenvalue weighted by Crippen LogP contribution is -2.50. The molecule has 1 fully saturated rings. The van der Waals surface area contributed by atoms with Crippen LogP contribution in [0.15, 0.2) is 53.4 Å². The van der Waals surface area contributed by atoms with Gasteiger partial charge in [-0.05, 0) is 55.0 Å². The fourth-order valence-corrected chi connectivity index (χ4v) is 6.45. The zero-order valence-electron chi connectivity index (χ0n) is 19.9. The highest BCUT2D eigenvalue weighted by Gasteiger charge is 2.31. The van der Waals surface area contributed by atoms with Crippen molar-refractivity contribution in [1.29, 1.82) is 0 Å². The molecule has 1 unspecified atom stereocenters. The number of piperazine rings is 1. The van der Waals surface area contributed by atoms with Crippen molar-refractivity contribution in [1.82, 2.24) is 14.1 Å². The molecule has 2 amide bonds. The van der Waals surface area contributed by atoms with Gasteiger partial charge in [-0.2, -0.15) is 4.31 Å². The van der Waals surface area contributed by atoms with Gasteiger partial charge in [-0.25, -0.2) is 8.42 Å². The smallest absolute Gasteiger partial charge is 0.254 e. The largest absolute Gasteiger partial charge is 0.340 e. The van der Waals surface area contributed by atoms with Crippen LogP contribution in [0, 0.1) is 0 Å². The Morgan fingerprint density at radius 1 is 1.00 bits per heavy atom. The maximum absolute atomic E-state index is 13.6. The molecular formula is C26H33N3O4S. The Labute approximate surface area is 202 Å². The molecule has 1 aliphatic heterocycles. The maximum atomic E-state index is 13.6.